The van der Waals surface area contributed by atoms with Crippen molar-refractivity contribution in [3.8, 4) is 0 Å². The average molecular weight is 389 g/mol. The summed E-state index contributed by atoms with van der Waals surface area (Å²) >= 11 is 0. The summed E-state index contributed by atoms with van der Waals surface area (Å²) in [7, 11) is 0. The second-order valence-corrected chi connectivity index (χ2v) is 7.48. The zero-order valence-electron chi connectivity index (χ0n) is 16.6. The third kappa shape index (κ3) is 3.89. The quantitative estimate of drug-likeness (QED) is 0.492. The highest BCUT2D eigenvalue weighted by molar-refractivity contribution is 6.06. The lowest BCUT2D eigenvalue weighted by molar-refractivity contribution is 0.0473. The molecule has 6 nitrogen and oxygen atoms in total. The van der Waals surface area contributed by atoms with Gasteiger partial charge in [0.15, 0.2) is 6.61 Å². The first-order valence-corrected chi connectivity index (χ1v) is 9.79. The van der Waals surface area contributed by atoms with Crippen LogP contribution in [-0.2, 0) is 17.7 Å². The van der Waals surface area contributed by atoms with Gasteiger partial charge in [-0.1, -0.05) is 18.2 Å². The van der Waals surface area contributed by atoms with Gasteiger partial charge in [-0.2, -0.15) is 0 Å². The number of hydrogen-bond donors (Lipinski definition) is 0. The van der Waals surface area contributed by atoms with Crippen LogP contribution in [0.4, 0.5) is 0 Å². The van der Waals surface area contributed by atoms with Crippen molar-refractivity contribution in [1.82, 2.24) is 14.9 Å². The predicted molar refractivity (Wildman–Crippen MR) is 110 cm³/mol. The molecule has 0 atom stereocenters. The van der Waals surface area contributed by atoms with Gasteiger partial charge in [0.05, 0.1) is 11.1 Å². The largest absolute Gasteiger partial charge is 0.454 e. The number of nitrogens with zero attached hydrogens (tertiary/aromatic N) is 3. The topological polar surface area (TPSA) is 72.4 Å². The summed E-state index contributed by atoms with van der Waals surface area (Å²) in [6.07, 6.45) is 3.85. The highest BCUT2D eigenvalue weighted by Crippen LogP contribution is 2.29. The van der Waals surface area contributed by atoms with E-state index in [0.717, 1.165) is 35.1 Å². The van der Waals surface area contributed by atoms with Crippen molar-refractivity contribution in [2.45, 2.75) is 32.9 Å². The van der Waals surface area contributed by atoms with Crippen LogP contribution >= 0.6 is 0 Å². The van der Waals surface area contributed by atoms with Crippen molar-refractivity contribution < 1.29 is 14.3 Å². The molecule has 1 aromatic carbocycles. The molecule has 0 bridgehead atoms. The Balaban J connectivity index is 1.67. The third-order valence-corrected chi connectivity index (χ3v) is 5.33. The van der Waals surface area contributed by atoms with Crippen LogP contribution in [-0.4, -0.2) is 45.8 Å². The number of ether oxygens (including phenoxy) is 1. The predicted octanol–water partition coefficient (Wildman–Crippen LogP) is 3.44. The molecule has 148 valence electrons. The van der Waals surface area contributed by atoms with Gasteiger partial charge in [-0.25, -0.2) is 4.79 Å². The van der Waals surface area contributed by atoms with Crippen LogP contribution < -0.4 is 0 Å². The highest BCUT2D eigenvalue weighted by Gasteiger charge is 2.27. The molecule has 3 aromatic rings. The third-order valence-electron chi connectivity index (χ3n) is 5.33. The van der Waals surface area contributed by atoms with E-state index in [2.05, 4.69) is 23.7 Å². The molecule has 29 heavy (non-hydrogen) atoms. The molecule has 0 radical (unpaired) electrons. The summed E-state index contributed by atoms with van der Waals surface area (Å²) in [5, 5.41) is 0.760. The lowest BCUT2D eigenvalue weighted by Crippen LogP contribution is -2.37. The number of esters is 1. The number of rotatable bonds is 5. The van der Waals surface area contributed by atoms with Gasteiger partial charge in [-0.3, -0.25) is 19.7 Å². The molecule has 0 unspecified atom stereocenters. The smallest absolute Gasteiger partial charge is 0.339 e. The number of carbonyl (C=O) groups is 2. The maximum Gasteiger partial charge on any atom is 0.339 e. The van der Waals surface area contributed by atoms with Crippen LogP contribution in [0.25, 0.3) is 10.9 Å². The molecule has 1 aliphatic heterocycles. The first kappa shape index (κ1) is 19.2. The Morgan fingerprint density at radius 3 is 2.76 bits per heavy atom. The lowest BCUT2D eigenvalue weighted by atomic mass is 9.95. The standard InChI is InChI=1S/C23H23N3O3/c1-15(2)26-11-9-20-18(13-26)22(17-7-3-4-8-19(17)25-20)23(28)29-14-21(27)16-6-5-10-24-12-16/h3-8,10,12,15H,9,11,13-14H2,1-2H3. The average Bonchev–Trinajstić information content (AvgIpc) is 2.75. The van der Waals surface area contributed by atoms with Gasteiger partial charge in [0.25, 0.3) is 0 Å². The fraction of sp³-hybridized carbons (Fsp3) is 0.304. The van der Waals surface area contributed by atoms with Crippen LogP contribution in [0.5, 0.6) is 0 Å². The number of para-hydroxylation sites is 1. The summed E-state index contributed by atoms with van der Waals surface area (Å²) in [5.74, 6) is -0.759. The maximum atomic E-state index is 13.1. The summed E-state index contributed by atoms with van der Waals surface area (Å²) in [4.78, 5) is 36.5. The summed E-state index contributed by atoms with van der Waals surface area (Å²) < 4.78 is 5.45. The van der Waals surface area contributed by atoms with Crippen molar-refractivity contribution in [1.29, 1.82) is 0 Å². The van der Waals surface area contributed by atoms with Gasteiger partial charge < -0.3 is 4.74 Å². The highest BCUT2D eigenvalue weighted by atomic mass is 16.5. The van der Waals surface area contributed by atoms with E-state index >= 15 is 0 Å². The molecule has 3 heterocycles. The van der Waals surface area contributed by atoms with E-state index in [1.54, 1.807) is 18.3 Å². The number of pyridine rings is 2. The number of carbonyl (C=O) groups excluding carboxylic acids is 2. The molecule has 0 saturated heterocycles. The number of ketones is 1. The Bertz CT molecular complexity index is 1060. The monoisotopic (exact) mass is 389 g/mol. The Morgan fingerprint density at radius 1 is 1.17 bits per heavy atom. The molecular weight excluding hydrogens is 366 g/mol. The van der Waals surface area contributed by atoms with Crippen molar-refractivity contribution in [2.24, 2.45) is 0 Å². The minimum Gasteiger partial charge on any atom is -0.454 e. The second kappa shape index (κ2) is 8.09. The molecule has 0 aliphatic carbocycles. The van der Waals surface area contributed by atoms with Gasteiger partial charge in [-0.15, -0.1) is 0 Å². The molecule has 6 heteroatoms. The zero-order valence-corrected chi connectivity index (χ0v) is 16.6. The zero-order chi connectivity index (χ0) is 20.4. The number of aromatic nitrogens is 2. The molecule has 0 N–H and O–H groups in total. The Kier molecular flexibility index (Phi) is 5.36. The van der Waals surface area contributed by atoms with Crippen molar-refractivity contribution in [2.75, 3.05) is 13.2 Å². The van der Waals surface area contributed by atoms with Crippen molar-refractivity contribution in [3.05, 3.63) is 71.2 Å². The van der Waals surface area contributed by atoms with E-state index in [1.807, 2.05) is 24.3 Å². The number of fused-ring (bicyclic) bond motifs is 2. The summed E-state index contributed by atoms with van der Waals surface area (Å²) in [5.41, 5.74) is 3.56. The van der Waals surface area contributed by atoms with Crippen molar-refractivity contribution in [3.63, 3.8) is 0 Å². The van der Waals surface area contributed by atoms with Gasteiger partial charge in [0.2, 0.25) is 5.78 Å². The Morgan fingerprint density at radius 2 is 2.00 bits per heavy atom. The maximum absolute atomic E-state index is 13.1. The van der Waals surface area contributed by atoms with Crippen LogP contribution in [0.2, 0.25) is 0 Å². The normalized spacial score (nSPS) is 14.0. The van der Waals surface area contributed by atoms with Gasteiger partial charge in [-0.05, 0) is 32.0 Å². The first-order chi connectivity index (χ1) is 14.0. The number of benzene rings is 1. The molecule has 2 aromatic heterocycles. The van der Waals surface area contributed by atoms with Crippen molar-refractivity contribution >= 4 is 22.7 Å². The van der Waals surface area contributed by atoms with E-state index < -0.39 is 5.97 Å². The fourth-order valence-corrected chi connectivity index (χ4v) is 3.70. The van der Waals surface area contributed by atoms with E-state index in [4.69, 9.17) is 9.72 Å². The Hall–Kier alpha value is -3.12. The van der Waals surface area contributed by atoms with Crippen LogP contribution in [0.1, 0.15) is 45.8 Å². The van der Waals surface area contributed by atoms with Gasteiger partial charge in [0, 0.05) is 60.2 Å². The summed E-state index contributed by atoms with van der Waals surface area (Å²) in [6, 6.07) is 11.3. The van der Waals surface area contributed by atoms with Gasteiger partial charge >= 0.3 is 5.97 Å². The second-order valence-electron chi connectivity index (χ2n) is 7.48. The van der Waals surface area contributed by atoms with E-state index in [9.17, 15) is 9.59 Å². The first-order valence-electron chi connectivity index (χ1n) is 9.79. The van der Waals surface area contributed by atoms with E-state index in [-0.39, 0.29) is 12.4 Å². The van der Waals surface area contributed by atoms with Crippen LogP contribution in [0.3, 0.4) is 0 Å². The molecule has 0 fully saturated rings. The Labute approximate surface area is 169 Å². The number of Topliss-reactive ketones (excluding diaryl/α,β-unsaturated/α-hetero) is 1. The number of hydrogen-bond acceptors (Lipinski definition) is 6. The van der Waals surface area contributed by atoms with Gasteiger partial charge in [0.1, 0.15) is 0 Å². The SMILES string of the molecule is CC(C)N1CCc2nc3ccccc3c(C(=O)OCC(=O)c3cccnc3)c2C1. The van der Waals surface area contributed by atoms with E-state index in [0.29, 0.717) is 23.7 Å². The molecule has 0 amide bonds. The fourth-order valence-electron chi connectivity index (χ4n) is 3.70. The molecular formula is C23H23N3O3. The molecule has 0 spiro atoms. The summed E-state index contributed by atoms with van der Waals surface area (Å²) in [6.45, 7) is 5.52. The molecule has 0 saturated carbocycles. The minimum absolute atomic E-state index is 0.275. The van der Waals surface area contributed by atoms with Crippen LogP contribution in [0, 0.1) is 0 Å². The molecule has 1 aliphatic rings. The lowest BCUT2D eigenvalue weighted by Gasteiger charge is -2.32. The van der Waals surface area contributed by atoms with E-state index in [1.165, 1.54) is 6.20 Å². The van der Waals surface area contributed by atoms with Crippen LogP contribution in [0.15, 0.2) is 48.8 Å². The molecule has 4 rings (SSSR count). The minimum atomic E-state index is -0.484.